The van der Waals surface area contributed by atoms with Crippen LogP contribution in [0.15, 0.2) is 36.5 Å². The van der Waals surface area contributed by atoms with Crippen LogP contribution in [0.3, 0.4) is 0 Å². The predicted molar refractivity (Wildman–Crippen MR) is 121 cm³/mol. The Morgan fingerprint density at radius 3 is 2.70 bits per heavy atom. The summed E-state index contributed by atoms with van der Waals surface area (Å²) < 4.78 is 2.24. The Hall–Kier alpha value is -2.44. The molecule has 1 fully saturated rings. The maximum Gasteiger partial charge on any atom is 0.138 e. The molecule has 6 nitrogen and oxygen atoms in total. The van der Waals surface area contributed by atoms with E-state index in [0.29, 0.717) is 18.1 Å². The molecule has 0 bridgehead atoms. The van der Waals surface area contributed by atoms with Crippen molar-refractivity contribution in [3.05, 3.63) is 59.2 Å². The third-order valence-corrected chi connectivity index (χ3v) is 6.45. The van der Waals surface area contributed by atoms with E-state index in [1.54, 1.807) is 0 Å². The molecule has 4 heterocycles. The number of nitrogens with zero attached hydrogens (tertiary/aromatic N) is 4. The van der Waals surface area contributed by atoms with Crippen molar-refractivity contribution in [3.8, 4) is 0 Å². The lowest BCUT2D eigenvalue weighted by Gasteiger charge is -2.37. The SMILES string of the molecule is CNC1CCCc2ccc(Cc3cn4c(N5CC(C)NC(C)C5)cccc4n3)nc21. The van der Waals surface area contributed by atoms with Gasteiger partial charge in [-0.25, -0.2) is 4.98 Å². The van der Waals surface area contributed by atoms with Gasteiger partial charge in [0.15, 0.2) is 0 Å². The highest BCUT2D eigenvalue weighted by Gasteiger charge is 2.23. The minimum absolute atomic E-state index is 0.373. The molecule has 1 saturated heterocycles. The summed E-state index contributed by atoms with van der Waals surface area (Å²) in [5.41, 5.74) is 5.80. The predicted octanol–water partition coefficient (Wildman–Crippen LogP) is 3.10. The molecule has 6 heteroatoms. The van der Waals surface area contributed by atoms with E-state index in [4.69, 9.17) is 9.97 Å². The van der Waals surface area contributed by atoms with Crippen molar-refractivity contribution in [1.82, 2.24) is 25.0 Å². The number of hydrogen-bond acceptors (Lipinski definition) is 5. The summed E-state index contributed by atoms with van der Waals surface area (Å²) in [6.45, 7) is 6.52. The average Bonchev–Trinajstić information content (AvgIpc) is 3.15. The maximum absolute atomic E-state index is 5.03. The third kappa shape index (κ3) is 3.70. The van der Waals surface area contributed by atoms with E-state index in [-0.39, 0.29) is 0 Å². The molecule has 1 aliphatic heterocycles. The summed E-state index contributed by atoms with van der Waals surface area (Å²) in [5.74, 6) is 1.22. The van der Waals surface area contributed by atoms with E-state index in [2.05, 4.69) is 70.3 Å². The molecule has 2 N–H and O–H groups in total. The minimum atomic E-state index is 0.373. The van der Waals surface area contributed by atoms with Crippen LogP contribution in [-0.2, 0) is 12.8 Å². The monoisotopic (exact) mass is 404 g/mol. The molecule has 3 atom stereocenters. The normalized spacial score (nSPS) is 24.2. The Labute approximate surface area is 178 Å². The lowest BCUT2D eigenvalue weighted by atomic mass is 9.91. The van der Waals surface area contributed by atoms with Crippen molar-refractivity contribution in [2.45, 2.75) is 57.7 Å². The second-order valence-corrected chi connectivity index (χ2v) is 8.98. The van der Waals surface area contributed by atoms with Crippen LogP contribution in [0.5, 0.6) is 0 Å². The summed E-state index contributed by atoms with van der Waals surface area (Å²) in [5, 5.41) is 7.05. The van der Waals surface area contributed by atoms with Gasteiger partial charge < -0.3 is 15.5 Å². The number of pyridine rings is 2. The number of aryl methyl sites for hydroxylation is 1. The second kappa shape index (κ2) is 8.00. The van der Waals surface area contributed by atoms with Crippen molar-refractivity contribution in [2.24, 2.45) is 0 Å². The molecule has 3 unspecified atom stereocenters. The molecule has 3 aromatic rings. The fourth-order valence-corrected chi connectivity index (χ4v) is 5.16. The summed E-state index contributed by atoms with van der Waals surface area (Å²) in [4.78, 5) is 12.4. The van der Waals surface area contributed by atoms with Crippen LogP contribution in [0.4, 0.5) is 5.82 Å². The molecule has 0 spiro atoms. The molecule has 30 heavy (non-hydrogen) atoms. The van der Waals surface area contributed by atoms with Gasteiger partial charge in [-0.15, -0.1) is 0 Å². The zero-order valence-electron chi connectivity index (χ0n) is 18.2. The largest absolute Gasteiger partial charge is 0.355 e. The first-order chi connectivity index (χ1) is 14.6. The number of aromatic nitrogens is 3. The van der Waals surface area contributed by atoms with E-state index in [1.807, 2.05) is 7.05 Å². The lowest BCUT2D eigenvalue weighted by molar-refractivity contribution is 0.404. The van der Waals surface area contributed by atoms with Gasteiger partial charge in [0.1, 0.15) is 11.5 Å². The van der Waals surface area contributed by atoms with Crippen molar-refractivity contribution in [2.75, 3.05) is 25.0 Å². The quantitative estimate of drug-likeness (QED) is 0.700. The number of fused-ring (bicyclic) bond motifs is 2. The van der Waals surface area contributed by atoms with Crippen LogP contribution in [-0.4, -0.2) is 46.6 Å². The Kier molecular flexibility index (Phi) is 5.21. The van der Waals surface area contributed by atoms with Crippen LogP contribution in [0, 0.1) is 0 Å². The van der Waals surface area contributed by atoms with Gasteiger partial charge in [0.05, 0.1) is 11.4 Å². The van der Waals surface area contributed by atoms with Gasteiger partial charge in [-0.1, -0.05) is 12.1 Å². The third-order valence-electron chi connectivity index (χ3n) is 6.45. The maximum atomic E-state index is 5.03. The standard InChI is InChI=1S/C24H32N6/c1-16-13-29(14-17(2)26-16)23-9-5-8-22-27-20(15-30(22)23)12-19-11-10-18-6-4-7-21(25-3)24(18)28-19/h5,8-11,15-17,21,25-26H,4,6-7,12-14H2,1-3H3. The topological polar surface area (TPSA) is 57.5 Å². The molecular formula is C24H32N6. The van der Waals surface area contributed by atoms with Crippen molar-refractivity contribution >= 4 is 11.5 Å². The molecule has 5 rings (SSSR count). The van der Waals surface area contributed by atoms with Crippen molar-refractivity contribution in [3.63, 3.8) is 0 Å². The van der Waals surface area contributed by atoms with Crippen LogP contribution in [0.25, 0.3) is 5.65 Å². The number of hydrogen-bond donors (Lipinski definition) is 2. The van der Waals surface area contributed by atoms with Gasteiger partial charge in [-0.05, 0) is 63.9 Å². The Bertz CT molecular complexity index is 1030. The Balaban J connectivity index is 1.44. The van der Waals surface area contributed by atoms with Crippen molar-refractivity contribution < 1.29 is 0 Å². The first-order valence-corrected chi connectivity index (χ1v) is 11.2. The summed E-state index contributed by atoms with van der Waals surface area (Å²) in [6, 6.07) is 12.2. The van der Waals surface area contributed by atoms with Crippen LogP contribution in [0.1, 0.15) is 55.4 Å². The molecule has 0 saturated carbocycles. The van der Waals surface area contributed by atoms with Crippen LogP contribution >= 0.6 is 0 Å². The number of piperazine rings is 1. The lowest BCUT2D eigenvalue weighted by Crippen LogP contribution is -2.54. The van der Waals surface area contributed by atoms with E-state index in [9.17, 15) is 0 Å². The zero-order valence-corrected chi connectivity index (χ0v) is 18.2. The summed E-state index contributed by atoms with van der Waals surface area (Å²) in [6.07, 6.45) is 6.50. The highest BCUT2D eigenvalue weighted by molar-refractivity contribution is 5.53. The fraction of sp³-hybridized carbons (Fsp3) is 0.500. The van der Waals surface area contributed by atoms with Crippen LogP contribution < -0.4 is 15.5 Å². The smallest absolute Gasteiger partial charge is 0.138 e. The van der Waals surface area contributed by atoms with E-state index < -0.39 is 0 Å². The zero-order chi connectivity index (χ0) is 20.7. The first-order valence-electron chi connectivity index (χ1n) is 11.2. The number of anilines is 1. The minimum Gasteiger partial charge on any atom is -0.355 e. The summed E-state index contributed by atoms with van der Waals surface area (Å²) in [7, 11) is 2.04. The van der Waals surface area contributed by atoms with E-state index in [0.717, 1.165) is 43.0 Å². The van der Waals surface area contributed by atoms with E-state index >= 15 is 0 Å². The Morgan fingerprint density at radius 2 is 1.90 bits per heavy atom. The summed E-state index contributed by atoms with van der Waals surface area (Å²) >= 11 is 0. The molecule has 1 aliphatic carbocycles. The molecule has 158 valence electrons. The first kappa shape index (κ1) is 19.5. The highest BCUT2D eigenvalue weighted by Crippen LogP contribution is 2.28. The fourth-order valence-electron chi connectivity index (χ4n) is 5.16. The Morgan fingerprint density at radius 1 is 1.07 bits per heavy atom. The van der Waals surface area contributed by atoms with Gasteiger partial charge in [-0.2, -0.15) is 0 Å². The average molecular weight is 405 g/mol. The number of nitrogens with one attached hydrogen (secondary N) is 2. The van der Waals surface area contributed by atoms with Gasteiger partial charge in [-0.3, -0.25) is 9.38 Å². The van der Waals surface area contributed by atoms with Crippen molar-refractivity contribution in [1.29, 1.82) is 0 Å². The molecule has 2 aliphatic rings. The number of imidazole rings is 1. The highest BCUT2D eigenvalue weighted by atomic mass is 15.3. The molecule has 3 aromatic heterocycles. The van der Waals surface area contributed by atoms with Crippen LogP contribution in [0.2, 0.25) is 0 Å². The van der Waals surface area contributed by atoms with E-state index in [1.165, 1.54) is 29.9 Å². The van der Waals surface area contributed by atoms with Gasteiger partial charge in [0, 0.05) is 49.5 Å². The molecule has 0 amide bonds. The van der Waals surface area contributed by atoms with Gasteiger partial charge in [0.2, 0.25) is 0 Å². The molecular weight excluding hydrogens is 372 g/mol. The molecule has 0 aromatic carbocycles. The molecule has 0 radical (unpaired) electrons. The second-order valence-electron chi connectivity index (χ2n) is 8.98. The van der Waals surface area contributed by atoms with Gasteiger partial charge in [0.25, 0.3) is 0 Å². The van der Waals surface area contributed by atoms with Gasteiger partial charge >= 0.3 is 0 Å². The number of rotatable bonds is 4.